The fraction of sp³-hybridized carbons (Fsp3) is 1.00. The quantitative estimate of drug-likeness (QED) is 0.0416. The van der Waals surface area contributed by atoms with E-state index in [0.717, 1.165) is 50.4 Å². The topological polar surface area (TPSA) is 161 Å². The van der Waals surface area contributed by atoms with Crippen LogP contribution in [0.4, 0.5) is 0 Å². The molecule has 2 saturated heterocycles. The predicted molar refractivity (Wildman–Crippen MR) is 201 cm³/mol. The van der Waals surface area contributed by atoms with Crippen LogP contribution >= 0.6 is 0 Å². The highest BCUT2D eigenvalue weighted by atomic mass is 16.7. The van der Waals surface area contributed by atoms with Gasteiger partial charge in [0.05, 0.1) is 50.2 Å². The second-order valence-electron chi connectivity index (χ2n) is 16.6. The molecule has 2 heterocycles. The van der Waals surface area contributed by atoms with E-state index in [2.05, 4.69) is 19.2 Å². The van der Waals surface area contributed by atoms with E-state index in [-0.39, 0.29) is 12.1 Å². The van der Waals surface area contributed by atoms with E-state index in [9.17, 15) is 30.6 Å². The maximum absolute atomic E-state index is 11.4. The average molecular weight is 730 g/mol. The Morgan fingerprint density at radius 1 is 0.725 bits per heavy atom. The highest BCUT2D eigenvalue weighted by Gasteiger charge is 2.46. The van der Waals surface area contributed by atoms with Crippen LogP contribution in [0.15, 0.2) is 0 Å². The van der Waals surface area contributed by atoms with Crippen molar-refractivity contribution in [2.24, 2.45) is 11.8 Å². The Morgan fingerprint density at radius 3 is 1.76 bits per heavy atom. The van der Waals surface area contributed by atoms with Gasteiger partial charge in [-0.1, -0.05) is 149 Å². The lowest BCUT2D eigenvalue weighted by Crippen LogP contribution is -2.67. The molecule has 3 rings (SSSR count). The molecule has 7 N–H and O–H groups in total. The molecule has 10 nitrogen and oxygen atoms in total. The lowest BCUT2D eigenvalue weighted by Gasteiger charge is -2.46. The van der Waals surface area contributed by atoms with Gasteiger partial charge in [-0.25, -0.2) is 0 Å². The minimum absolute atomic E-state index is 0.110. The smallest absolute Gasteiger partial charge is 0.186 e. The molecule has 10 atom stereocenters. The minimum atomic E-state index is -1.55. The van der Waals surface area contributed by atoms with Crippen LogP contribution in [0.1, 0.15) is 168 Å². The zero-order valence-electron chi connectivity index (χ0n) is 32.5. The summed E-state index contributed by atoms with van der Waals surface area (Å²) >= 11 is 0. The number of nitrogens with one attached hydrogen (secondary N) is 1. The summed E-state index contributed by atoms with van der Waals surface area (Å²) in [6.07, 6.45) is 19.9. The van der Waals surface area contributed by atoms with Gasteiger partial charge in [-0.2, -0.15) is 0 Å². The van der Waals surface area contributed by atoms with Crippen LogP contribution in [-0.4, -0.2) is 112 Å². The van der Waals surface area contributed by atoms with Crippen molar-refractivity contribution in [3.8, 4) is 0 Å². The molecule has 7 unspecified atom stereocenters. The first-order chi connectivity index (χ1) is 24.7. The molecule has 302 valence electrons. The van der Waals surface area contributed by atoms with E-state index in [1.165, 1.54) is 109 Å². The number of hydrogen-bond acceptors (Lipinski definition) is 10. The molecule has 2 aliphatic heterocycles. The molecule has 10 heteroatoms. The number of aliphatic hydroxyl groups excluding tert-OH is 6. The van der Waals surface area contributed by atoms with Gasteiger partial charge >= 0.3 is 0 Å². The maximum atomic E-state index is 11.4. The van der Waals surface area contributed by atoms with E-state index in [1.54, 1.807) is 0 Å². The summed E-state index contributed by atoms with van der Waals surface area (Å²) in [5.41, 5.74) is -0.347. The van der Waals surface area contributed by atoms with Gasteiger partial charge in [0.2, 0.25) is 0 Å². The third kappa shape index (κ3) is 16.9. The van der Waals surface area contributed by atoms with E-state index in [1.807, 2.05) is 0 Å². The fourth-order valence-electron chi connectivity index (χ4n) is 8.04. The van der Waals surface area contributed by atoms with Crippen molar-refractivity contribution >= 4 is 0 Å². The summed E-state index contributed by atoms with van der Waals surface area (Å²) in [7, 11) is 0. The summed E-state index contributed by atoms with van der Waals surface area (Å²) in [4.78, 5) is 0. The van der Waals surface area contributed by atoms with Crippen LogP contribution in [0.2, 0.25) is 0 Å². The van der Waals surface area contributed by atoms with Crippen molar-refractivity contribution in [3.05, 3.63) is 0 Å². The molecule has 0 spiro atoms. The molecule has 1 saturated carbocycles. The van der Waals surface area contributed by atoms with Crippen molar-refractivity contribution in [2.45, 2.75) is 222 Å². The SMILES string of the molecule is CCCCCCCCCCCCCC[C@@H](O)[C@@H](O)[C@H](COC1OC(CO)C(O)C(O)C1O)NC1(CCCCCCCCCCC2CC2C)COC1. The standard InChI is InChI=1S/C41H79NO9/c1-3-4-5-6-7-8-9-10-11-15-18-21-24-34(44)36(45)33(28-50-40-39(48)38(47)37(46)35(27-43)51-40)42-41(29-49-30-41)25-22-19-16-13-12-14-17-20-23-32-26-31(32)2/h31-40,42-48H,3-30H2,1-2H3/t31?,32?,33-,34+,35?,36-,37?,38?,39?,40?/m0/s1. The van der Waals surface area contributed by atoms with E-state index in [0.29, 0.717) is 19.6 Å². The zero-order chi connectivity index (χ0) is 36.9. The van der Waals surface area contributed by atoms with Gasteiger partial charge in [0.1, 0.15) is 24.4 Å². The van der Waals surface area contributed by atoms with Crippen LogP contribution in [0.5, 0.6) is 0 Å². The Hall–Kier alpha value is -0.400. The maximum Gasteiger partial charge on any atom is 0.186 e. The van der Waals surface area contributed by atoms with Crippen molar-refractivity contribution < 1.29 is 44.8 Å². The molecular weight excluding hydrogens is 650 g/mol. The van der Waals surface area contributed by atoms with E-state index >= 15 is 0 Å². The van der Waals surface area contributed by atoms with Gasteiger partial charge in [-0.15, -0.1) is 0 Å². The van der Waals surface area contributed by atoms with Crippen molar-refractivity contribution in [2.75, 3.05) is 26.4 Å². The second-order valence-corrected chi connectivity index (χ2v) is 16.6. The summed E-state index contributed by atoms with van der Waals surface area (Å²) in [6.45, 7) is 4.97. The molecule has 3 aliphatic rings. The largest absolute Gasteiger partial charge is 0.394 e. The second kappa shape index (κ2) is 25.6. The molecule has 1 aliphatic carbocycles. The monoisotopic (exact) mass is 730 g/mol. The predicted octanol–water partition coefficient (Wildman–Crippen LogP) is 5.90. The lowest BCUT2D eigenvalue weighted by molar-refractivity contribution is -0.303. The minimum Gasteiger partial charge on any atom is -0.394 e. The molecule has 0 radical (unpaired) electrons. The number of ether oxygens (including phenoxy) is 3. The Balaban J connectivity index is 1.41. The average Bonchev–Trinajstić information content (AvgIpc) is 3.83. The van der Waals surface area contributed by atoms with Crippen molar-refractivity contribution in [1.29, 1.82) is 0 Å². The van der Waals surface area contributed by atoms with Crippen LogP contribution in [0.3, 0.4) is 0 Å². The molecule has 0 amide bonds. The zero-order valence-corrected chi connectivity index (χ0v) is 32.5. The third-order valence-corrected chi connectivity index (χ3v) is 12.0. The summed E-state index contributed by atoms with van der Waals surface area (Å²) in [6, 6.07) is -0.688. The van der Waals surface area contributed by atoms with Gasteiger partial charge in [-0.05, 0) is 31.1 Å². The first-order valence-corrected chi connectivity index (χ1v) is 21.3. The summed E-state index contributed by atoms with van der Waals surface area (Å²) in [5, 5.41) is 66.7. The number of unbranched alkanes of at least 4 members (excludes halogenated alkanes) is 18. The van der Waals surface area contributed by atoms with Gasteiger partial charge in [-0.3, -0.25) is 5.32 Å². The summed E-state index contributed by atoms with van der Waals surface area (Å²) < 4.78 is 17.1. The molecule has 0 aromatic rings. The van der Waals surface area contributed by atoms with Crippen molar-refractivity contribution in [3.63, 3.8) is 0 Å². The van der Waals surface area contributed by atoms with E-state index in [4.69, 9.17) is 14.2 Å². The Kier molecular flexibility index (Phi) is 22.6. The molecule has 0 bridgehead atoms. The van der Waals surface area contributed by atoms with Gasteiger partial charge in [0, 0.05) is 0 Å². The third-order valence-electron chi connectivity index (χ3n) is 12.0. The molecular formula is C41H79NO9. The fourth-order valence-corrected chi connectivity index (χ4v) is 8.04. The first kappa shape index (κ1) is 45.0. The lowest BCUT2D eigenvalue weighted by atomic mass is 9.87. The van der Waals surface area contributed by atoms with Gasteiger partial charge in [0.25, 0.3) is 0 Å². The molecule has 3 fully saturated rings. The highest BCUT2D eigenvalue weighted by Crippen LogP contribution is 2.41. The Bertz CT molecular complexity index is 861. The first-order valence-electron chi connectivity index (χ1n) is 21.3. The van der Waals surface area contributed by atoms with Gasteiger partial charge in [0.15, 0.2) is 6.29 Å². The van der Waals surface area contributed by atoms with Crippen molar-refractivity contribution in [1.82, 2.24) is 5.32 Å². The molecule has 51 heavy (non-hydrogen) atoms. The normalized spacial score (nSPS) is 29.1. The van der Waals surface area contributed by atoms with E-state index < -0.39 is 55.6 Å². The van der Waals surface area contributed by atoms with Crippen LogP contribution in [0, 0.1) is 11.8 Å². The number of aliphatic hydroxyl groups is 6. The highest BCUT2D eigenvalue weighted by molar-refractivity contribution is 4.99. The Labute approximate surface area is 310 Å². The molecule has 0 aromatic heterocycles. The van der Waals surface area contributed by atoms with Crippen LogP contribution in [-0.2, 0) is 14.2 Å². The van der Waals surface area contributed by atoms with Crippen LogP contribution in [0.25, 0.3) is 0 Å². The Morgan fingerprint density at radius 2 is 1.25 bits per heavy atom. The number of hydrogen-bond donors (Lipinski definition) is 7. The summed E-state index contributed by atoms with van der Waals surface area (Å²) in [5.74, 6) is 1.97. The van der Waals surface area contributed by atoms with Crippen LogP contribution < -0.4 is 5.32 Å². The number of rotatable bonds is 32. The molecule has 0 aromatic carbocycles. The van der Waals surface area contributed by atoms with Gasteiger partial charge < -0.3 is 44.8 Å².